The Morgan fingerprint density at radius 2 is 1.95 bits per heavy atom. The van der Waals surface area contributed by atoms with Gasteiger partial charge in [0.05, 0.1) is 6.04 Å². The fourth-order valence-electron chi connectivity index (χ4n) is 1.65. The van der Waals surface area contributed by atoms with Gasteiger partial charge in [-0.05, 0) is 20.8 Å². The number of alkyl halides is 4. The third kappa shape index (κ3) is 4.22. The van der Waals surface area contributed by atoms with Crippen molar-refractivity contribution in [3.63, 3.8) is 0 Å². The van der Waals surface area contributed by atoms with E-state index in [1.54, 1.807) is 20.8 Å². The molecule has 0 radical (unpaired) electrons. The lowest BCUT2D eigenvalue weighted by Gasteiger charge is -2.37. The molecule has 0 spiro atoms. The molecule has 1 aliphatic rings. The number of halogens is 4. The molecule has 1 rings (SSSR count). The molecule has 1 amide bonds. The highest BCUT2D eigenvalue weighted by Gasteiger charge is 2.50. The van der Waals surface area contributed by atoms with Crippen molar-refractivity contribution in [3.8, 4) is 0 Å². The standard InChI is InChI=1S/C11H18F4N2O2/c1-10(2,3)19-9(18)17-5-4-16-7(6-17)11(14,15)8(12)13/h7-8,16H,4-6H2,1-3H3. The van der Waals surface area contributed by atoms with E-state index in [1.807, 2.05) is 0 Å². The highest BCUT2D eigenvalue weighted by molar-refractivity contribution is 5.68. The van der Waals surface area contributed by atoms with Gasteiger partial charge >= 0.3 is 18.4 Å². The first-order chi connectivity index (χ1) is 8.54. The summed E-state index contributed by atoms with van der Waals surface area (Å²) in [6.07, 6.45) is -4.55. The zero-order chi connectivity index (χ0) is 14.8. The van der Waals surface area contributed by atoms with Crippen molar-refractivity contribution in [2.75, 3.05) is 19.6 Å². The van der Waals surface area contributed by atoms with Gasteiger partial charge in [-0.25, -0.2) is 13.6 Å². The highest BCUT2D eigenvalue weighted by Crippen LogP contribution is 2.28. The molecular weight excluding hydrogens is 268 g/mol. The molecule has 8 heteroatoms. The molecule has 19 heavy (non-hydrogen) atoms. The van der Waals surface area contributed by atoms with Gasteiger partial charge in [-0.1, -0.05) is 0 Å². The Morgan fingerprint density at radius 3 is 2.42 bits per heavy atom. The van der Waals surface area contributed by atoms with E-state index in [2.05, 4.69) is 5.32 Å². The van der Waals surface area contributed by atoms with Crippen LogP contribution in [0.4, 0.5) is 22.4 Å². The maximum atomic E-state index is 13.2. The molecule has 0 aromatic carbocycles. The van der Waals surface area contributed by atoms with Crippen LogP contribution in [-0.4, -0.2) is 54.6 Å². The van der Waals surface area contributed by atoms with Crippen molar-refractivity contribution in [1.82, 2.24) is 10.2 Å². The quantitative estimate of drug-likeness (QED) is 0.790. The first-order valence-corrected chi connectivity index (χ1v) is 5.91. The summed E-state index contributed by atoms with van der Waals surface area (Å²) in [5, 5.41) is 2.31. The summed E-state index contributed by atoms with van der Waals surface area (Å²) < 4.78 is 56.0. The Bertz CT molecular complexity index is 331. The average Bonchev–Trinajstić information content (AvgIpc) is 2.26. The molecule has 1 heterocycles. The van der Waals surface area contributed by atoms with Gasteiger partial charge in [0.2, 0.25) is 0 Å². The molecule has 1 atom stereocenters. The van der Waals surface area contributed by atoms with Crippen molar-refractivity contribution in [2.24, 2.45) is 0 Å². The van der Waals surface area contributed by atoms with Crippen molar-refractivity contribution >= 4 is 6.09 Å². The van der Waals surface area contributed by atoms with Gasteiger partial charge in [0.25, 0.3) is 0 Å². The van der Waals surface area contributed by atoms with E-state index >= 15 is 0 Å². The molecule has 0 bridgehead atoms. The number of nitrogens with one attached hydrogen (secondary N) is 1. The van der Waals surface area contributed by atoms with Gasteiger partial charge < -0.3 is 15.0 Å². The molecule has 0 aromatic heterocycles. The number of amides is 1. The highest BCUT2D eigenvalue weighted by atomic mass is 19.3. The number of nitrogens with zero attached hydrogens (tertiary/aromatic N) is 1. The largest absolute Gasteiger partial charge is 0.444 e. The van der Waals surface area contributed by atoms with Gasteiger partial charge in [0.15, 0.2) is 0 Å². The maximum Gasteiger partial charge on any atom is 0.410 e. The van der Waals surface area contributed by atoms with E-state index in [0.29, 0.717) is 0 Å². The minimum Gasteiger partial charge on any atom is -0.444 e. The number of carbonyl (C=O) groups excluding carboxylic acids is 1. The van der Waals surface area contributed by atoms with E-state index in [9.17, 15) is 22.4 Å². The molecule has 0 aliphatic carbocycles. The number of carbonyl (C=O) groups is 1. The number of hydrogen-bond donors (Lipinski definition) is 1. The number of ether oxygens (including phenoxy) is 1. The van der Waals surface area contributed by atoms with Crippen LogP contribution < -0.4 is 5.32 Å². The Labute approximate surface area is 109 Å². The van der Waals surface area contributed by atoms with Crippen LogP contribution in [0.1, 0.15) is 20.8 Å². The Kier molecular flexibility index (Phi) is 4.65. The van der Waals surface area contributed by atoms with E-state index < -0.39 is 36.6 Å². The van der Waals surface area contributed by atoms with Gasteiger partial charge in [-0.15, -0.1) is 0 Å². The lowest BCUT2D eigenvalue weighted by atomic mass is 10.1. The third-order valence-corrected chi connectivity index (χ3v) is 2.58. The normalized spacial score (nSPS) is 21.7. The minimum atomic E-state index is -4.18. The Morgan fingerprint density at radius 1 is 1.37 bits per heavy atom. The fourth-order valence-corrected chi connectivity index (χ4v) is 1.65. The molecule has 1 unspecified atom stereocenters. The first kappa shape index (κ1) is 16.0. The molecule has 1 N–H and O–H groups in total. The predicted octanol–water partition coefficient (Wildman–Crippen LogP) is 2.10. The summed E-state index contributed by atoms with van der Waals surface area (Å²) in [6, 6.07) is -1.77. The number of hydrogen-bond acceptors (Lipinski definition) is 3. The topological polar surface area (TPSA) is 41.6 Å². The second-order valence-electron chi connectivity index (χ2n) is 5.41. The van der Waals surface area contributed by atoms with Crippen LogP contribution in [0, 0.1) is 0 Å². The zero-order valence-electron chi connectivity index (χ0n) is 11.1. The summed E-state index contributed by atoms with van der Waals surface area (Å²) >= 11 is 0. The monoisotopic (exact) mass is 286 g/mol. The van der Waals surface area contributed by atoms with E-state index in [-0.39, 0.29) is 13.1 Å². The van der Waals surface area contributed by atoms with Gasteiger partial charge in [0.1, 0.15) is 5.60 Å². The molecule has 0 aromatic rings. The smallest absolute Gasteiger partial charge is 0.410 e. The number of rotatable bonds is 2. The van der Waals surface area contributed by atoms with Crippen molar-refractivity contribution < 1.29 is 27.1 Å². The molecule has 1 saturated heterocycles. The summed E-state index contributed by atoms with van der Waals surface area (Å²) in [4.78, 5) is 12.7. The summed E-state index contributed by atoms with van der Waals surface area (Å²) in [7, 11) is 0. The van der Waals surface area contributed by atoms with Crippen molar-refractivity contribution in [1.29, 1.82) is 0 Å². The van der Waals surface area contributed by atoms with Crippen LogP contribution >= 0.6 is 0 Å². The van der Waals surface area contributed by atoms with Crippen molar-refractivity contribution in [3.05, 3.63) is 0 Å². The molecule has 0 saturated carbocycles. The van der Waals surface area contributed by atoms with Crippen LogP contribution in [0.25, 0.3) is 0 Å². The Hall–Kier alpha value is -1.05. The average molecular weight is 286 g/mol. The van der Waals surface area contributed by atoms with E-state index in [1.165, 1.54) is 0 Å². The van der Waals surface area contributed by atoms with Crippen molar-refractivity contribution in [2.45, 2.75) is 44.8 Å². The lowest BCUT2D eigenvalue weighted by molar-refractivity contribution is -0.156. The molecule has 4 nitrogen and oxygen atoms in total. The molecule has 1 fully saturated rings. The van der Waals surface area contributed by atoms with Crippen LogP contribution in [0.3, 0.4) is 0 Å². The van der Waals surface area contributed by atoms with Crippen LogP contribution in [0.15, 0.2) is 0 Å². The van der Waals surface area contributed by atoms with Gasteiger partial charge in [-0.3, -0.25) is 0 Å². The lowest BCUT2D eigenvalue weighted by Crippen LogP contribution is -2.61. The molecule has 1 aliphatic heterocycles. The third-order valence-electron chi connectivity index (χ3n) is 2.58. The zero-order valence-corrected chi connectivity index (χ0v) is 11.1. The van der Waals surface area contributed by atoms with Gasteiger partial charge in [-0.2, -0.15) is 8.78 Å². The Balaban J connectivity index is 2.67. The second kappa shape index (κ2) is 5.52. The predicted molar refractivity (Wildman–Crippen MR) is 60.5 cm³/mol. The summed E-state index contributed by atoms with van der Waals surface area (Å²) in [6.45, 7) is 4.57. The van der Waals surface area contributed by atoms with E-state index in [4.69, 9.17) is 4.74 Å². The summed E-state index contributed by atoms with van der Waals surface area (Å²) in [5.74, 6) is -4.18. The van der Waals surface area contributed by atoms with Crippen LogP contribution in [-0.2, 0) is 4.74 Å². The maximum absolute atomic E-state index is 13.2. The van der Waals surface area contributed by atoms with Crippen LogP contribution in [0.2, 0.25) is 0 Å². The van der Waals surface area contributed by atoms with E-state index in [0.717, 1.165) is 4.90 Å². The number of piperazine rings is 1. The molecule has 112 valence electrons. The fraction of sp³-hybridized carbons (Fsp3) is 0.909. The van der Waals surface area contributed by atoms with Crippen LogP contribution in [0.5, 0.6) is 0 Å². The minimum absolute atomic E-state index is 0.0201. The SMILES string of the molecule is CC(C)(C)OC(=O)N1CCNC(C(F)(F)C(F)F)C1. The van der Waals surface area contributed by atoms with Gasteiger partial charge in [0, 0.05) is 19.6 Å². The summed E-state index contributed by atoms with van der Waals surface area (Å²) in [5.41, 5.74) is -0.761. The molecular formula is C11H18F4N2O2. The second-order valence-corrected chi connectivity index (χ2v) is 5.41. The first-order valence-electron chi connectivity index (χ1n) is 5.91.